The van der Waals surface area contributed by atoms with Crippen molar-refractivity contribution in [2.75, 3.05) is 0 Å². The van der Waals surface area contributed by atoms with E-state index in [4.69, 9.17) is 14.7 Å². The lowest BCUT2D eigenvalue weighted by atomic mass is 10.2. The Morgan fingerprint density at radius 1 is 1.16 bits per heavy atom. The summed E-state index contributed by atoms with van der Waals surface area (Å²) < 4.78 is 10.9. The summed E-state index contributed by atoms with van der Waals surface area (Å²) in [6.45, 7) is 0.612. The average molecular weight is 350 g/mol. The van der Waals surface area contributed by atoms with Gasteiger partial charge in [-0.3, -0.25) is 4.98 Å². The van der Waals surface area contributed by atoms with E-state index in [1.54, 1.807) is 17.8 Å². The molecule has 0 bridgehead atoms. The van der Waals surface area contributed by atoms with Crippen LogP contribution in [0.1, 0.15) is 26.4 Å². The molecule has 0 saturated carbocycles. The topological polar surface area (TPSA) is 72.2 Å². The molecule has 6 heteroatoms. The van der Waals surface area contributed by atoms with Gasteiger partial charge >= 0.3 is 5.97 Å². The fourth-order valence-electron chi connectivity index (χ4n) is 2.07. The number of thiophene rings is 1. The third-order valence-corrected chi connectivity index (χ3v) is 4.20. The van der Waals surface area contributed by atoms with Crippen LogP contribution in [-0.2, 0) is 18.0 Å². The summed E-state index contributed by atoms with van der Waals surface area (Å²) in [4.78, 5) is 16.4. The van der Waals surface area contributed by atoms with Crippen molar-refractivity contribution in [2.24, 2.45) is 0 Å². The number of hydrogen-bond acceptors (Lipinski definition) is 6. The molecule has 3 aromatic rings. The summed E-state index contributed by atoms with van der Waals surface area (Å²) in [5.41, 5.74) is 2.25. The molecule has 124 valence electrons. The fraction of sp³-hybridized carbons (Fsp3) is 0.105. The van der Waals surface area contributed by atoms with Crippen molar-refractivity contribution in [2.45, 2.75) is 13.2 Å². The van der Waals surface area contributed by atoms with Crippen LogP contribution in [0.15, 0.2) is 60.2 Å². The molecule has 0 amide bonds. The minimum Gasteiger partial charge on any atom is -0.489 e. The number of nitriles is 1. The zero-order valence-corrected chi connectivity index (χ0v) is 14.0. The van der Waals surface area contributed by atoms with Gasteiger partial charge in [-0.15, -0.1) is 11.3 Å². The van der Waals surface area contributed by atoms with E-state index in [0.29, 0.717) is 17.0 Å². The van der Waals surface area contributed by atoms with E-state index >= 15 is 0 Å². The van der Waals surface area contributed by atoms with E-state index in [0.717, 1.165) is 16.9 Å². The zero-order valence-electron chi connectivity index (χ0n) is 13.2. The molecule has 0 aliphatic rings. The molecule has 0 saturated heterocycles. The lowest BCUT2D eigenvalue weighted by molar-refractivity contribution is 0.0473. The molecular weight excluding hydrogens is 336 g/mol. The molecule has 0 fully saturated rings. The number of pyridine rings is 1. The fourth-order valence-corrected chi connectivity index (χ4v) is 2.73. The summed E-state index contributed by atoms with van der Waals surface area (Å²) in [5.74, 6) is 0.296. The number of rotatable bonds is 6. The third-order valence-electron chi connectivity index (χ3n) is 3.37. The maximum atomic E-state index is 11.9. The van der Waals surface area contributed by atoms with Crippen LogP contribution >= 0.6 is 11.3 Å². The monoisotopic (exact) mass is 350 g/mol. The lowest BCUT2D eigenvalue weighted by Crippen LogP contribution is -2.04. The maximum absolute atomic E-state index is 11.9. The standard InChI is InChI=1S/C19H14N2O3S/c20-9-18-8-16(13-25-18)19(22)24-11-14-3-5-17(6-4-14)23-12-15-2-1-7-21-10-15/h1-8,10,13H,11-12H2. The summed E-state index contributed by atoms with van der Waals surface area (Å²) in [6, 6.07) is 14.7. The van der Waals surface area contributed by atoms with E-state index in [9.17, 15) is 4.79 Å². The van der Waals surface area contributed by atoms with Crippen LogP contribution in [0, 0.1) is 11.3 Å². The summed E-state index contributed by atoms with van der Waals surface area (Å²) in [6.07, 6.45) is 3.48. The Kier molecular flexibility index (Phi) is 5.39. The Hall–Kier alpha value is -3.17. The highest BCUT2D eigenvalue weighted by atomic mass is 32.1. The van der Waals surface area contributed by atoms with Crippen LogP contribution < -0.4 is 4.74 Å². The highest BCUT2D eigenvalue weighted by Gasteiger charge is 2.10. The predicted octanol–water partition coefficient (Wildman–Crippen LogP) is 3.95. The first kappa shape index (κ1) is 16.7. The molecule has 0 spiro atoms. The summed E-state index contributed by atoms with van der Waals surface area (Å²) in [7, 11) is 0. The number of hydrogen-bond donors (Lipinski definition) is 0. The van der Waals surface area contributed by atoms with Crippen LogP contribution in [0.5, 0.6) is 5.75 Å². The Morgan fingerprint density at radius 3 is 2.68 bits per heavy atom. The van der Waals surface area contributed by atoms with Crippen molar-refractivity contribution in [1.29, 1.82) is 5.26 Å². The molecule has 0 aliphatic carbocycles. The number of benzene rings is 1. The smallest absolute Gasteiger partial charge is 0.339 e. The number of ether oxygens (including phenoxy) is 2. The largest absolute Gasteiger partial charge is 0.489 e. The van der Waals surface area contributed by atoms with Gasteiger partial charge in [-0.1, -0.05) is 18.2 Å². The van der Waals surface area contributed by atoms with E-state index in [2.05, 4.69) is 4.98 Å². The quantitative estimate of drug-likeness (QED) is 0.629. The first-order valence-corrected chi connectivity index (χ1v) is 8.39. The van der Waals surface area contributed by atoms with Gasteiger partial charge in [0.05, 0.1) is 5.56 Å². The SMILES string of the molecule is N#Cc1cc(C(=O)OCc2ccc(OCc3cccnc3)cc2)cs1. The average Bonchev–Trinajstić information content (AvgIpc) is 3.15. The molecule has 0 aliphatic heterocycles. The summed E-state index contributed by atoms with van der Waals surface area (Å²) in [5, 5.41) is 10.4. The van der Waals surface area contributed by atoms with Crippen LogP contribution in [0.25, 0.3) is 0 Å². The van der Waals surface area contributed by atoms with Crippen molar-refractivity contribution in [3.05, 3.63) is 81.8 Å². The van der Waals surface area contributed by atoms with Crippen LogP contribution in [0.2, 0.25) is 0 Å². The number of carbonyl (C=O) groups is 1. The Labute approximate surface area is 149 Å². The second kappa shape index (κ2) is 8.08. The molecule has 5 nitrogen and oxygen atoms in total. The van der Waals surface area contributed by atoms with Gasteiger partial charge in [-0.05, 0) is 29.8 Å². The maximum Gasteiger partial charge on any atom is 0.339 e. The Morgan fingerprint density at radius 2 is 2.00 bits per heavy atom. The van der Waals surface area contributed by atoms with E-state index < -0.39 is 5.97 Å². The van der Waals surface area contributed by atoms with Crippen molar-refractivity contribution >= 4 is 17.3 Å². The summed E-state index contributed by atoms with van der Waals surface area (Å²) >= 11 is 1.22. The molecule has 0 atom stereocenters. The molecular formula is C19H14N2O3S. The molecule has 25 heavy (non-hydrogen) atoms. The first-order chi connectivity index (χ1) is 12.2. The minimum absolute atomic E-state index is 0.166. The van der Waals surface area contributed by atoms with Gasteiger partial charge in [0.2, 0.25) is 0 Å². The first-order valence-electron chi connectivity index (χ1n) is 7.51. The molecule has 0 N–H and O–H groups in total. The van der Waals surface area contributed by atoms with Crippen LogP contribution in [-0.4, -0.2) is 11.0 Å². The van der Waals surface area contributed by atoms with Crippen LogP contribution in [0.4, 0.5) is 0 Å². The number of carbonyl (C=O) groups excluding carboxylic acids is 1. The molecule has 3 rings (SSSR count). The van der Waals surface area contributed by atoms with Crippen molar-refractivity contribution in [1.82, 2.24) is 4.98 Å². The van der Waals surface area contributed by atoms with Gasteiger partial charge in [-0.2, -0.15) is 5.26 Å². The predicted molar refractivity (Wildman–Crippen MR) is 93.2 cm³/mol. The third kappa shape index (κ3) is 4.66. The molecule has 1 aromatic carbocycles. The van der Waals surface area contributed by atoms with Crippen molar-refractivity contribution < 1.29 is 14.3 Å². The molecule has 0 unspecified atom stereocenters. The molecule has 0 radical (unpaired) electrons. The van der Waals surface area contributed by atoms with Crippen LogP contribution in [0.3, 0.4) is 0 Å². The minimum atomic E-state index is -0.436. The Bertz CT molecular complexity index is 883. The second-order valence-electron chi connectivity index (χ2n) is 5.18. The lowest BCUT2D eigenvalue weighted by Gasteiger charge is -2.07. The normalized spacial score (nSPS) is 10.0. The highest BCUT2D eigenvalue weighted by molar-refractivity contribution is 7.10. The molecule has 2 aromatic heterocycles. The highest BCUT2D eigenvalue weighted by Crippen LogP contribution is 2.17. The van der Waals surface area contributed by atoms with E-state index in [-0.39, 0.29) is 6.61 Å². The molecule has 2 heterocycles. The Balaban J connectivity index is 1.50. The zero-order chi connectivity index (χ0) is 17.5. The number of esters is 1. The van der Waals surface area contributed by atoms with E-state index in [1.807, 2.05) is 42.5 Å². The van der Waals surface area contributed by atoms with Gasteiger partial charge in [-0.25, -0.2) is 4.79 Å². The van der Waals surface area contributed by atoms with Crippen molar-refractivity contribution in [3.63, 3.8) is 0 Å². The number of aromatic nitrogens is 1. The van der Waals surface area contributed by atoms with Gasteiger partial charge in [0, 0.05) is 23.3 Å². The van der Waals surface area contributed by atoms with E-state index in [1.165, 1.54) is 17.4 Å². The van der Waals surface area contributed by atoms with Gasteiger partial charge in [0.1, 0.15) is 29.9 Å². The van der Waals surface area contributed by atoms with Gasteiger partial charge in [0.25, 0.3) is 0 Å². The second-order valence-corrected chi connectivity index (χ2v) is 6.09. The van der Waals surface area contributed by atoms with Crippen molar-refractivity contribution in [3.8, 4) is 11.8 Å². The van der Waals surface area contributed by atoms with Gasteiger partial charge in [0.15, 0.2) is 0 Å². The van der Waals surface area contributed by atoms with Gasteiger partial charge < -0.3 is 9.47 Å². The number of nitrogens with zero attached hydrogens (tertiary/aromatic N) is 2.